The van der Waals surface area contributed by atoms with Crippen molar-refractivity contribution in [3.8, 4) is 0 Å². The van der Waals surface area contributed by atoms with Gasteiger partial charge in [0.1, 0.15) is 0 Å². The van der Waals surface area contributed by atoms with Crippen LogP contribution in [0.4, 0.5) is 0 Å². The Kier molecular flexibility index (Phi) is 1.49. The lowest BCUT2D eigenvalue weighted by Gasteiger charge is -2.33. The van der Waals surface area contributed by atoms with Crippen LogP contribution in [0.25, 0.3) is 0 Å². The Morgan fingerprint density at radius 2 is 2.50 bits per heavy atom. The molecule has 2 rings (SSSR count). The van der Waals surface area contributed by atoms with E-state index in [1.807, 2.05) is 0 Å². The lowest BCUT2D eigenvalue weighted by molar-refractivity contribution is 0.362. The average Bonchev–Trinajstić information content (AvgIpc) is 2.05. The number of aliphatic imine (C=N–C) groups is 1. The lowest BCUT2D eigenvalue weighted by Crippen LogP contribution is -2.47. The SMILES string of the molecule is [CH]1CCN2CCCN=C2N1. The van der Waals surface area contributed by atoms with Crippen LogP contribution in [0.2, 0.25) is 0 Å². The molecule has 0 saturated carbocycles. The molecular weight excluding hydrogens is 126 g/mol. The van der Waals surface area contributed by atoms with Gasteiger partial charge in [-0.05, 0) is 12.8 Å². The molecule has 0 aromatic carbocycles. The molecule has 0 atom stereocenters. The van der Waals surface area contributed by atoms with Crippen LogP contribution in [-0.4, -0.2) is 30.5 Å². The Balaban J connectivity index is 2.08. The monoisotopic (exact) mass is 138 g/mol. The Hall–Kier alpha value is -0.730. The summed E-state index contributed by atoms with van der Waals surface area (Å²) in [7, 11) is 0. The summed E-state index contributed by atoms with van der Waals surface area (Å²) in [6.45, 7) is 5.40. The van der Waals surface area contributed by atoms with E-state index in [1.54, 1.807) is 0 Å². The first-order valence-electron chi connectivity index (χ1n) is 3.84. The molecular formula is C7H12N3. The van der Waals surface area contributed by atoms with Gasteiger partial charge in [0, 0.05) is 19.6 Å². The lowest BCUT2D eigenvalue weighted by atomic mass is 10.2. The van der Waals surface area contributed by atoms with Gasteiger partial charge in [0.15, 0.2) is 5.96 Å². The number of guanidine groups is 1. The minimum atomic E-state index is 0.993. The molecule has 3 nitrogen and oxygen atoms in total. The van der Waals surface area contributed by atoms with Crippen molar-refractivity contribution in [1.29, 1.82) is 0 Å². The molecule has 0 aliphatic carbocycles. The molecule has 2 heterocycles. The largest absolute Gasteiger partial charge is 0.351 e. The molecule has 1 saturated heterocycles. The summed E-state index contributed by atoms with van der Waals surface area (Å²) in [4.78, 5) is 6.66. The molecule has 0 unspecified atom stereocenters. The zero-order chi connectivity index (χ0) is 6.81. The minimum absolute atomic E-state index is 0.993. The summed E-state index contributed by atoms with van der Waals surface area (Å²) in [5.41, 5.74) is 0. The molecule has 0 amide bonds. The molecule has 10 heavy (non-hydrogen) atoms. The maximum Gasteiger partial charge on any atom is 0.194 e. The first-order chi connectivity index (χ1) is 4.97. The third-order valence-corrected chi connectivity index (χ3v) is 1.92. The van der Waals surface area contributed by atoms with E-state index in [2.05, 4.69) is 21.8 Å². The quantitative estimate of drug-likeness (QED) is 0.518. The van der Waals surface area contributed by atoms with Gasteiger partial charge in [0.25, 0.3) is 0 Å². The molecule has 0 bridgehead atoms. The Morgan fingerprint density at radius 3 is 3.40 bits per heavy atom. The van der Waals surface area contributed by atoms with Crippen LogP contribution in [0.3, 0.4) is 0 Å². The van der Waals surface area contributed by atoms with E-state index in [-0.39, 0.29) is 0 Å². The molecule has 2 aliphatic rings. The van der Waals surface area contributed by atoms with Crippen molar-refractivity contribution in [1.82, 2.24) is 10.2 Å². The number of hydrogen-bond acceptors (Lipinski definition) is 3. The van der Waals surface area contributed by atoms with Crippen LogP contribution in [0, 0.1) is 6.54 Å². The van der Waals surface area contributed by atoms with Crippen molar-refractivity contribution in [2.45, 2.75) is 12.8 Å². The van der Waals surface area contributed by atoms with Crippen LogP contribution >= 0.6 is 0 Å². The highest BCUT2D eigenvalue weighted by molar-refractivity contribution is 5.81. The first-order valence-corrected chi connectivity index (χ1v) is 3.84. The highest BCUT2D eigenvalue weighted by Gasteiger charge is 2.17. The molecule has 3 heteroatoms. The third kappa shape index (κ3) is 0.958. The second-order valence-electron chi connectivity index (χ2n) is 2.68. The maximum absolute atomic E-state index is 4.35. The van der Waals surface area contributed by atoms with E-state index < -0.39 is 0 Å². The van der Waals surface area contributed by atoms with Gasteiger partial charge < -0.3 is 10.2 Å². The van der Waals surface area contributed by atoms with Crippen molar-refractivity contribution >= 4 is 5.96 Å². The summed E-state index contributed by atoms with van der Waals surface area (Å²) in [6.07, 6.45) is 2.35. The van der Waals surface area contributed by atoms with Gasteiger partial charge in [-0.25, -0.2) is 0 Å². The minimum Gasteiger partial charge on any atom is -0.351 e. The van der Waals surface area contributed by atoms with Gasteiger partial charge in [-0.2, -0.15) is 0 Å². The molecule has 0 spiro atoms. The van der Waals surface area contributed by atoms with Crippen molar-refractivity contribution in [3.63, 3.8) is 0 Å². The molecule has 0 aromatic rings. The molecule has 1 radical (unpaired) electrons. The number of fused-ring (bicyclic) bond motifs is 1. The Morgan fingerprint density at radius 1 is 1.50 bits per heavy atom. The normalized spacial score (nSPS) is 24.8. The van der Waals surface area contributed by atoms with Gasteiger partial charge >= 0.3 is 0 Å². The fourth-order valence-corrected chi connectivity index (χ4v) is 1.39. The van der Waals surface area contributed by atoms with E-state index in [0.29, 0.717) is 0 Å². The second kappa shape index (κ2) is 2.48. The number of nitrogens with zero attached hydrogens (tertiary/aromatic N) is 2. The summed E-state index contributed by atoms with van der Waals surface area (Å²) in [6, 6.07) is 0. The van der Waals surface area contributed by atoms with Gasteiger partial charge in [-0.1, -0.05) is 0 Å². The summed E-state index contributed by atoms with van der Waals surface area (Å²) >= 11 is 0. The number of nitrogens with one attached hydrogen (secondary N) is 1. The highest BCUT2D eigenvalue weighted by Crippen LogP contribution is 2.06. The standard InChI is InChI=1S/C7H12N3/c1-3-8-7-9-4-2-6-10(7)5-1/h3H,1-2,4-6H2,(H,8,9). The first kappa shape index (κ1) is 6.01. The zero-order valence-corrected chi connectivity index (χ0v) is 6.01. The van der Waals surface area contributed by atoms with Gasteiger partial charge in [0.2, 0.25) is 0 Å². The molecule has 0 aromatic heterocycles. The summed E-state index contributed by atoms with van der Waals surface area (Å²) < 4.78 is 0. The van der Waals surface area contributed by atoms with E-state index in [1.165, 1.54) is 13.0 Å². The predicted molar refractivity (Wildman–Crippen MR) is 40.5 cm³/mol. The van der Waals surface area contributed by atoms with Gasteiger partial charge in [-0.3, -0.25) is 4.99 Å². The van der Waals surface area contributed by atoms with Crippen LogP contribution in [0.15, 0.2) is 4.99 Å². The highest BCUT2D eigenvalue weighted by atomic mass is 15.3. The van der Waals surface area contributed by atoms with Crippen molar-refractivity contribution in [3.05, 3.63) is 6.54 Å². The average molecular weight is 138 g/mol. The fraction of sp³-hybridized carbons (Fsp3) is 0.714. The van der Waals surface area contributed by atoms with Crippen LogP contribution in [0.1, 0.15) is 12.8 Å². The van der Waals surface area contributed by atoms with Gasteiger partial charge in [-0.15, -0.1) is 0 Å². The van der Waals surface area contributed by atoms with Crippen molar-refractivity contribution in [2.24, 2.45) is 4.99 Å². The predicted octanol–water partition coefficient (Wildman–Crippen LogP) is 0.203. The summed E-state index contributed by atoms with van der Waals surface area (Å²) in [5, 5.41) is 3.17. The molecule has 55 valence electrons. The smallest absolute Gasteiger partial charge is 0.194 e. The van der Waals surface area contributed by atoms with E-state index in [4.69, 9.17) is 0 Å². The Bertz CT molecular complexity index is 153. The second-order valence-corrected chi connectivity index (χ2v) is 2.68. The molecule has 1 fully saturated rings. The van der Waals surface area contributed by atoms with Crippen LogP contribution in [-0.2, 0) is 0 Å². The van der Waals surface area contributed by atoms with Crippen LogP contribution < -0.4 is 5.32 Å². The molecule has 1 N–H and O–H groups in total. The fourth-order valence-electron chi connectivity index (χ4n) is 1.39. The van der Waals surface area contributed by atoms with Gasteiger partial charge in [0.05, 0.1) is 6.54 Å². The van der Waals surface area contributed by atoms with Crippen LogP contribution in [0.5, 0.6) is 0 Å². The third-order valence-electron chi connectivity index (χ3n) is 1.92. The van der Waals surface area contributed by atoms with E-state index >= 15 is 0 Å². The maximum atomic E-state index is 4.35. The molecule has 2 aliphatic heterocycles. The number of hydrogen-bond donors (Lipinski definition) is 1. The summed E-state index contributed by atoms with van der Waals surface area (Å²) in [5.74, 6) is 1.08. The van der Waals surface area contributed by atoms with E-state index in [0.717, 1.165) is 25.5 Å². The zero-order valence-electron chi connectivity index (χ0n) is 6.01. The van der Waals surface area contributed by atoms with E-state index in [9.17, 15) is 0 Å². The van der Waals surface area contributed by atoms with Crippen molar-refractivity contribution < 1.29 is 0 Å². The Labute approximate surface area is 61.1 Å². The van der Waals surface area contributed by atoms with Crippen molar-refractivity contribution in [2.75, 3.05) is 19.6 Å². The topological polar surface area (TPSA) is 27.6 Å². The number of rotatable bonds is 0.